The minimum absolute atomic E-state index is 0.0304. The molecule has 2 heterocycles. The van der Waals surface area contributed by atoms with E-state index in [4.69, 9.17) is 31.2 Å². The van der Waals surface area contributed by atoms with Gasteiger partial charge in [0.15, 0.2) is 0 Å². The smallest absolute Gasteiger partial charge is 0.404 e. The topological polar surface area (TPSA) is 136 Å². The van der Waals surface area contributed by atoms with E-state index in [1.54, 1.807) is 6.07 Å². The first kappa shape index (κ1) is 24.5. The van der Waals surface area contributed by atoms with Gasteiger partial charge in [0.25, 0.3) is 0 Å². The van der Waals surface area contributed by atoms with Crippen LogP contribution in [-0.2, 0) is 9.47 Å². The Bertz CT molecular complexity index is 1180. The molecule has 0 bridgehead atoms. The van der Waals surface area contributed by atoms with Crippen molar-refractivity contribution in [2.24, 2.45) is 33.8 Å². The summed E-state index contributed by atoms with van der Waals surface area (Å²) >= 11 is 6.95. The number of primary amides is 1. The molecule has 8 nitrogen and oxygen atoms in total. The summed E-state index contributed by atoms with van der Waals surface area (Å²) in [6, 6.07) is 3.15. The lowest BCUT2D eigenvalue weighted by molar-refractivity contribution is -0.151. The normalized spacial score (nSPS) is 48.1. The van der Waals surface area contributed by atoms with Gasteiger partial charge in [0, 0.05) is 33.6 Å². The number of aliphatic hydroxyl groups excluding tert-OH is 1. The first-order valence-electron chi connectivity index (χ1n) is 12.8. The highest BCUT2D eigenvalue weighted by Gasteiger charge is 2.77. The average molecular weight is 520 g/mol. The number of hydrogen-bond acceptors (Lipinski definition) is 7. The van der Waals surface area contributed by atoms with Crippen molar-refractivity contribution in [3.63, 3.8) is 0 Å². The van der Waals surface area contributed by atoms with Crippen LogP contribution in [0.2, 0.25) is 0 Å². The number of rotatable bonds is 3. The van der Waals surface area contributed by atoms with Crippen molar-refractivity contribution in [1.29, 1.82) is 0 Å². The fourth-order valence-corrected chi connectivity index (χ4v) is 9.79. The Labute approximate surface area is 214 Å². The molecule has 10 atom stereocenters. The molecule has 9 heteroatoms. The van der Waals surface area contributed by atoms with Crippen molar-refractivity contribution in [2.45, 2.75) is 81.7 Å². The van der Waals surface area contributed by atoms with Crippen LogP contribution in [-0.4, -0.2) is 52.2 Å². The van der Waals surface area contributed by atoms with Gasteiger partial charge in [0.05, 0.1) is 24.6 Å². The Balaban J connectivity index is 1.43. The van der Waals surface area contributed by atoms with E-state index >= 15 is 0 Å². The average Bonchev–Trinajstić information content (AvgIpc) is 3.57. The number of alkyl halides is 1. The largest absolute Gasteiger partial charge is 0.443 e. The highest BCUT2D eigenvalue weighted by molar-refractivity contribution is 6.21. The van der Waals surface area contributed by atoms with Crippen LogP contribution >= 0.6 is 11.6 Å². The lowest BCUT2D eigenvalue weighted by Gasteiger charge is -2.62. The molecule has 0 radical (unpaired) electrons. The molecule has 36 heavy (non-hydrogen) atoms. The number of epoxide rings is 1. The molecule has 3 saturated carbocycles. The molecule has 0 aromatic carbocycles. The maximum atomic E-state index is 12.5. The molecular weight excluding hydrogens is 486 g/mol. The predicted octanol–water partition coefficient (Wildman–Crippen LogP) is 3.08. The fraction of sp³-hybridized carbons (Fsp3) is 0.704. The zero-order valence-electron chi connectivity index (χ0n) is 20.8. The van der Waals surface area contributed by atoms with Crippen LogP contribution in [0.15, 0.2) is 39.3 Å². The molecule has 1 aliphatic heterocycles. The number of carbonyl (C=O) groups excluding carboxylic acids is 1. The molecule has 4 N–H and O–H groups in total. The van der Waals surface area contributed by atoms with Crippen LogP contribution in [0.1, 0.15) is 57.9 Å². The molecule has 0 spiro atoms. The number of carbonyl (C=O) groups is 1. The van der Waals surface area contributed by atoms with Gasteiger partial charge in [-0.2, -0.15) is 0 Å². The molecule has 4 aliphatic carbocycles. The monoisotopic (exact) mass is 519 g/mol. The van der Waals surface area contributed by atoms with Gasteiger partial charge in [-0.25, -0.2) is 9.59 Å². The lowest BCUT2D eigenvalue weighted by Crippen LogP contribution is -2.65. The van der Waals surface area contributed by atoms with Crippen molar-refractivity contribution < 1.29 is 28.9 Å². The molecule has 1 amide bonds. The summed E-state index contributed by atoms with van der Waals surface area (Å²) in [4.78, 5) is 23.2. The van der Waals surface area contributed by atoms with E-state index in [0.717, 1.165) is 17.6 Å². The quantitative estimate of drug-likeness (QED) is 0.317. The van der Waals surface area contributed by atoms with E-state index in [2.05, 4.69) is 26.8 Å². The number of allylic oxidation sites excluding steroid dienone is 1. The maximum Gasteiger partial charge on any atom is 0.404 e. The molecular formula is C27H34ClNO7. The molecule has 0 unspecified atom stereocenters. The summed E-state index contributed by atoms with van der Waals surface area (Å²) in [5.41, 5.74) is 3.88. The third-order valence-corrected chi connectivity index (χ3v) is 11.2. The van der Waals surface area contributed by atoms with Gasteiger partial charge in [-0.15, -0.1) is 11.6 Å². The van der Waals surface area contributed by atoms with E-state index in [-0.39, 0.29) is 41.9 Å². The van der Waals surface area contributed by atoms with Crippen molar-refractivity contribution >= 4 is 17.7 Å². The zero-order chi connectivity index (χ0) is 25.8. The van der Waals surface area contributed by atoms with Gasteiger partial charge < -0.3 is 29.8 Å². The number of amides is 1. The molecule has 1 saturated heterocycles. The van der Waals surface area contributed by atoms with Crippen molar-refractivity contribution in [1.82, 2.24) is 0 Å². The standard InChI is InChI=1S/C27H34ClNO7/c1-24(2)17-6-5-15-14(26(17,12-30)22-20(35-22)21(24)36-23(29)32)8-9-25(3)19(16(28)10-27(15,25)33)13-4-7-18(31)34-11-13/h4-5,7,11,14,16-17,19-22,30,33H,6,8-10,12H2,1-3H3,(H2,29,32)/t14-,16-,17-,19-,20+,21-,22+,25+,26+,27-/m0/s1. The van der Waals surface area contributed by atoms with Crippen molar-refractivity contribution in [3.05, 3.63) is 46.0 Å². The highest BCUT2D eigenvalue weighted by Crippen LogP contribution is 2.73. The maximum absolute atomic E-state index is 12.5. The second-order valence-corrected chi connectivity index (χ2v) is 12.9. The summed E-state index contributed by atoms with van der Waals surface area (Å²) < 4.78 is 16.9. The minimum atomic E-state index is -1.18. The van der Waals surface area contributed by atoms with Crippen LogP contribution in [0.3, 0.4) is 0 Å². The second kappa shape index (κ2) is 7.59. The number of fused-ring (bicyclic) bond motifs is 7. The predicted molar refractivity (Wildman–Crippen MR) is 130 cm³/mol. The number of nitrogens with two attached hydrogens (primary N) is 1. The molecule has 4 fully saturated rings. The summed E-state index contributed by atoms with van der Waals surface area (Å²) in [5, 5.41) is 23.1. The van der Waals surface area contributed by atoms with E-state index in [9.17, 15) is 19.8 Å². The van der Waals surface area contributed by atoms with Crippen LogP contribution in [0, 0.1) is 28.1 Å². The Hall–Kier alpha value is -1.87. The second-order valence-electron chi connectivity index (χ2n) is 12.4. The SMILES string of the molecule is CC1(C)[C@@H](OC(N)=O)[C@H]2O[C@H]2[C@]2(CO)[C@H]3CC[C@]4(C)[C@@H](c5ccc(=O)oc5)[C@@H](Cl)C[C@]4(O)C3=CC[C@@H]12. The molecule has 1 aromatic heterocycles. The molecule has 5 aliphatic rings. The minimum Gasteiger partial charge on any atom is -0.443 e. The van der Waals surface area contributed by atoms with Crippen molar-refractivity contribution in [3.8, 4) is 0 Å². The van der Waals surface area contributed by atoms with E-state index < -0.39 is 39.7 Å². The molecule has 1 aromatic rings. The Morgan fingerprint density at radius 3 is 2.69 bits per heavy atom. The summed E-state index contributed by atoms with van der Waals surface area (Å²) in [7, 11) is 0. The molecule has 6 rings (SSSR count). The van der Waals surface area contributed by atoms with Crippen LogP contribution < -0.4 is 11.4 Å². The van der Waals surface area contributed by atoms with Gasteiger partial charge in [-0.05, 0) is 54.7 Å². The van der Waals surface area contributed by atoms with Crippen LogP contribution in [0.25, 0.3) is 0 Å². The fourth-order valence-electron chi connectivity index (χ4n) is 9.14. The summed E-state index contributed by atoms with van der Waals surface area (Å²) in [6.07, 6.45) is 4.11. The first-order chi connectivity index (χ1) is 16.9. The van der Waals surface area contributed by atoms with Gasteiger partial charge in [-0.1, -0.05) is 26.8 Å². The number of hydrogen-bond donors (Lipinski definition) is 3. The number of aliphatic hydroxyl groups is 2. The Morgan fingerprint density at radius 1 is 1.31 bits per heavy atom. The Morgan fingerprint density at radius 2 is 2.06 bits per heavy atom. The Kier molecular flexibility index (Phi) is 5.16. The van der Waals surface area contributed by atoms with Crippen LogP contribution in [0.5, 0.6) is 0 Å². The van der Waals surface area contributed by atoms with E-state index in [1.165, 1.54) is 12.3 Å². The third kappa shape index (κ3) is 2.87. The van der Waals surface area contributed by atoms with Gasteiger partial charge >= 0.3 is 11.7 Å². The van der Waals surface area contributed by atoms with Crippen molar-refractivity contribution in [2.75, 3.05) is 6.61 Å². The highest BCUT2D eigenvalue weighted by atomic mass is 35.5. The van der Waals surface area contributed by atoms with Crippen LogP contribution in [0.4, 0.5) is 4.79 Å². The zero-order valence-corrected chi connectivity index (χ0v) is 21.5. The van der Waals surface area contributed by atoms with Gasteiger partial charge in [-0.3, -0.25) is 0 Å². The first-order valence-corrected chi connectivity index (χ1v) is 13.2. The summed E-state index contributed by atoms with van der Waals surface area (Å²) in [5.74, 6) is -0.323. The third-order valence-electron chi connectivity index (χ3n) is 10.7. The van der Waals surface area contributed by atoms with Gasteiger partial charge in [0.2, 0.25) is 0 Å². The lowest BCUT2D eigenvalue weighted by atomic mass is 9.42. The van der Waals surface area contributed by atoms with E-state index in [0.29, 0.717) is 19.3 Å². The number of halogens is 1. The van der Waals surface area contributed by atoms with E-state index in [1.807, 2.05) is 0 Å². The molecule has 196 valence electrons. The number of ether oxygens (including phenoxy) is 2. The summed E-state index contributed by atoms with van der Waals surface area (Å²) in [6.45, 7) is 6.10. The van der Waals surface area contributed by atoms with Gasteiger partial charge in [0.1, 0.15) is 12.2 Å².